The highest BCUT2D eigenvalue weighted by molar-refractivity contribution is 5.83. The van der Waals surface area contributed by atoms with Gasteiger partial charge in [-0.3, -0.25) is 4.79 Å². The van der Waals surface area contributed by atoms with Crippen LogP contribution in [-0.2, 0) is 9.59 Å². The van der Waals surface area contributed by atoms with E-state index < -0.39 is 0 Å². The first-order valence-corrected chi connectivity index (χ1v) is 4.95. The van der Waals surface area contributed by atoms with Crippen molar-refractivity contribution < 1.29 is 9.59 Å². The molecule has 0 saturated heterocycles. The molecular weight excluding hydrogens is 164 g/mol. The van der Waals surface area contributed by atoms with Gasteiger partial charge in [-0.2, -0.15) is 0 Å². The maximum atomic E-state index is 11.5. The lowest BCUT2D eigenvalue weighted by atomic mass is 9.80. The first-order chi connectivity index (χ1) is 5.96. The predicted molar refractivity (Wildman–Crippen MR) is 51.4 cm³/mol. The predicted octanol–water partition coefficient (Wildman–Crippen LogP) is 2.22. The van der Waals surface area contributed by atoms with E-state index in [1.807, 2.05) is 13.8 Å². The molecule has 0 amide bonds. The van der Waals surface area contributed by atoms with Crippen LogP contribution in [0.5, 0.6) is 0 Å². The van der Waals surface area contributed by atoms with Crippen molar-refractivity contribution in [1.29, 1.82) is 0 Å². The quantitative estimate of drug-likeness (QED) is 0.627. The highest BCUT2D eigenvalue weighted by Crippen LogP contribution is 2.36. The monoisotopic (exact) mass is 182 g/mol. The maximum Gasteiger partial charge on any atom is 0.136 e. The maximum absolute atomic E-state index is 11.5. The second-order valence-electron chi connectivity index (χ2n) is 4.90. The molecule has 2 atom stereocenters. The van der Waals surface area contributed by atoms with E-state index in [0.29, 0.717) is 18.1 Å². The van der Waals surface area contributed by atoms with Crippen LogP contribution in [0.3, 0.4) is 0 Å². The summed E-state index contributed by atoms with van der Waals surface area (Å²) in [5.41, 5.74) is -0.334. The van der Waals surface area contributed by atoms with Crippen molar-refractivity contribution >= 4 is 12.1 Å². The molecule has 1 aliphatic carbocycles. The van der Waals surface area contributed by atoms with E-state index in [2.05, 4.69) is 6.92 Å². The van der Waals surface area contributed by atoms with Crippen LogP contribution in [0.4, 0.5) is 0 Å². The van der Waals surface area contributed by atoms with E-state index in [4.69, 9.17) is 0 Å². The zero-order valence-corrected chi connectivity index (χ0v) is 8.67. The lowest BCUT2D eigenvalue weighted by molar-refractivity contribution is -0.123. The highest BCUT2D eigenvalue weighted by Gasteiger charge is 2.35. The summed E-state index contributed by atoms with van der Waals surface area (Å²) >= 11 is 0. The number of aldehydes is 1. The van der Waals surface area contributed by atoms with Gasteiger partial charge in [0.2, 0.25) is 0 Å². The molecule has 2 heteroatoms. The third-order valence-corrected chi connectivity index (χ3v) is 3.01. The highest BCUT2D eigenvalue weighted by atomic mass is 16.1. The van der Waals surface area contributed by atoms with Crippen LogP contribution in [0.25, 0.3) is 0 Å². The number of carbonyl (C=O) groups excluding carboxylic acids is 2. The van der Waals surface area contributed by atoms with Gasteiger partial charge in [0.05, 0.1) is 0 Å². The van der Waals surface area contributed by atoms with Crippen LogP contribution in [0.2, 0.25) is 0 Å². The summed E-state index contributed by atoms with van der Waals surface area (Å²) in [5, 5.41) is 0. The van der Waals surface area contributed by atoms with Gasteiger partial charge in [-0.05, 0) is 18.8 Å². The van der Waals surface area contributed by atoms with Crippen molar-refractivity contribution in [3.63, 3.8) is 0 Å². The van der Waals surface area contributed by atoms with Crippen molar-refractivity contribution in [2.75, 3.05) is 0 Å². The molecule has 0 N–H and O–H groups in total. The normalized spacial score (nSPS) is 29.3. The van der Waals surface area contributed by atoms with Gasteiger partial charge in [-0.15, -0.1) is 0 Å². The molecule has 0 bridgehead atoms. The fourth-order valence-corrected chi connectivity index (χ4v) is 2.00. The van der Waals surface area contributed by atoms with Crippen LogP contribution in [0, 0.1) is 17.3 Å². The Morgan fingerprint density at radius 1 is 1.54 bits per heavy atom. The molecule has 0 aliphatic heterocycles. The standard InChI is InChI=1S/C11H18O2/c1-8-4-5-10(13)9(8)6-11(2,3)7-12/h7-9H,4-6H2,1-3H3/t8-,9+/m1/s1. The van der Waals surface area contributed by atoms with Crippen LogP contribution in [0.1, 0.15) is 40.0 Å². The van der Waals surface area contributed by atoms with E-state index in [0.717, 1.165) is 19.1 Å². The van der Waals surface area contributed by atoms with Gasteiger partial charge >= 0.3 is 0 Å². The molecule has 1 aliphatic rings. The molecule has 0 aromatic rings. The minimum atomic E-state index is -0.334. The second kappa shape index (κ2) is 3.60. The Morgan fingerprint density at radius 2 is 2.15 bits per heavy atom. The van der Waals surface area contributed by atoms with Crippen molar-refractivity contribution in [3.8, 4) is 0 Å². The average molecular weight is 182 g/mol. The summed E-state index contributed by atoms with van der Waals surface area (Å²) in [6.45, 7) is 5.91. The first kappa shape index (κ1) is 10.4. The van der Waals surface area contributed by atoms with E-state index >= 15 is 0 Å². The van der Waals surface area contributed by atoms with Gasteiger partial charge in [0.25, 0.3) is 0 Å². The first-order valence-electron chi connectivity index (χ1n) is 4.95. The van der Waals surface area contributed by atoms with Gasteiger partial charge in [0, 0.05) is 17.8 Å². The Balaban J connectivity index is 2.62. The van der Waals surface area contributed by atoms with Crippen molar-refractivity contribution in [1.82, 2.24) is 0 Å². The van der Waals surface area contributed by atoms with Gasteiger partial charge in [0.15, 0.2) is 0 Å². The molecule has 1 rings (SSSR count). The minimum absolute atomic E-state index is 0.125. The Bertz CT molecular complexity index is 218. The molecule has 13 heavy (non-hydrogen) atoms. The minimum Gasteiger partial charge on any atom is -0.303 e. The molecule has 0 unspecified atom stereocenters. The third kappa shape index (κ3) is 2.39. The fourth-order valence-electron chi connectivity index (χ4n) is 2.00. The summed E-state index contributed by atoms with van der Waals surface area (Å²) in [7, 11) is 0. The van der Waals surface area contributed by atoms with Gasteiger partial charge in [0.1, 0.15) is 12.1 Å². The molecular formula is C11H18O2. The Morgan fingerprint density at radius 3 is 2.54 bits per heavy atom. The topological polar surface area (TPSA) is 34.1 Å². The van der Waals surface area contributed by atoms with Gasteiger partial charge < -0.3 is 4.79 Å². The lowest BCUT2D eigenvalue weighted by Gasteiger charge is -2.23. The lowest BCUT2D eigenvalue weighted by Crippen LogP contribution is -2.23. The van der Waals surface area contributed by atoms with Crippen molar-refractivity contribution in [3.05, 3.63) is 0 Å². The van der Waals surface area contributed by atoms with Crippen LogP contribution in [-0.4, -0.2) is 12.1 Å². The number of Topliss-reactive ketones (excluding diaryl/α,β-unsaturated/α-hetero) is 1. The number of hydrogen-bond donors (Lipinski definition) is 0. The molecule has 1 fully saturated rings. The number of ketones is 1. The van der Waals surface area contributed by atoms with Gasteiger partial charge in [-0.25, -0.2) is 0 Å². The molecule has 2 nitrogen and oxygen atoms in total. The molecule has 0 aromatic carbocycles. The van der Waals surface area contributed by atoms with Crippen molar-refractivity contribution in [2.45, 2.75) is 40.0 Å². The van der Waals surface area contributed by atoms with Crippen molar-refractivity contribution in [2.24, 2.45) is 17.3 Å². The zero-order valence-electron chi connectivity index (χ0n) is 8.67. The number of rotatable bonds is 3. The molecule has 0 aromatic heterocycles. The molecule has 0 heterocycles. The summed E-state index contributed by atoms with van der Waals surface area (Å²) in [4.78, 5) is 22.2. The summed E-state index contributed by atoms with van der Waals surface area (Å²) in [5.74, 6) is 0.939. The second-order valence-corrected chi connectivity index (χ2v) is 4.90. The fraction of sp³-hybridized carbons (Fsp3) is 0.818. The molecule has 0 radical (unpaired) electrons. The molecule has 74 valence electrons. The molecule has 1 saturated carbocycles. The van der Waals surface area contributed by atoms with Crippen LogP contribution < -0.4 is 0 Å². The largest absolute Gasteiger partial charge is 0.303 e. The Labute approximate surface area is 79.7 Å². The van der Waals surface area contributed by atoms with Crippen LogP contribution >= 0.6 is 0 Å². The molecule has 0 spiro atoms. The van der Waals surface area contributed by atoms with E-state index in [1.54, 1.807) is 0 Å². The SMILES string of the molecule is C[C@@H]1CCC(=O)[C@H]1CC(C)(C)C=O. The average Bonchev–Trinajstić information content (AvgIpc) is 2.36. The Hall–Kier alpha value is -0.660. The summed E-state index contributed by atoms with van der Waals surface area (Å²) in [6, 6.07) is 0. The van der Waals surface area contributed by atoms with E-state index in [-0.39, 0.29) is 11.3 Å². The van der Waals surface area contributed by atoms with Gasteiger partial charge in [-0.1, -0.05) is 20.8 Å². The zero-order chi connectivity index (χ0) is 10.1. The summed E-state index contributed by atoms with van der Waals surface area (Å²) in [6.07, 6.45) is 3.39. The van der Waals surface area contributed by atoms with E-state index in [1.165, 1.54) is 0 Å². The Kier molecular flexibility index (Phi) is 2.89. The van der Waals surface area contributed by atoms with E-state index in [9.17, 15) is 9.59 Å². The smallest absolute Gasteiger partial charge is 0.136 e. The summed E-state index contributed by atoms with van der Waals surface area (Å²) < 4.78 is 0. The number of hydrogen-bond acceptors (Lipinski definition) is 2. The third-order valence-electron chi connectivity index (χ3n) is 3.01. The number of carbonyl (C=O) groups is 2. The van der Waals surface area contributed by atoms with Crippen LogP contribution in [0.15, 0.2) is 0 Å².